The van der Waals surface area contributed by atoms with Crippen molar-refractivity contribution in [2.45, 2.75) is 69.6 Å². The normalized spacial score (nSPS) is 25.5. The van der Waals surface area contributed by atoms with Crippen LogP contribution in [-0.2, 0) is 16.6 Å². The van der Waals surface area contributed by atoms with Gasteiger partial charge in [-0.2, -0.15) is 0 Å². The van der Waals surface area contributed by atoms with Gasteiger partial charge in [-0.1, -0.05) is 20.8 Å². The molecule has 2 aliphatic carbocycles. The van der Waals surface area contributed by atoms with E-state index in [0.717, 1.165) is 25.0 Å². The smallest absolute Gasteiger partial charge is 0.242 e. The van der Waals surface area contributed by atoms with Crippen LogP contribution < -0.4 is 10.0 Å². The summed E-state index contributed by atoms with van der Waals surface area (Å²) in [6.45, 7) is 6.97. The van der Waals surface area contributed by atoms with Crippen molar-refractivity contribution in [3.8, 4) is 0 Å². The van der Waals surface area contributed by atoms with Crippen LogP contribution in [0.3, 0.4) is 0 Å². The Kier molecular flexibility index (Phi) is 3.88. The summed E-state index contributed by atoms with van der Waals surface area (Å²) in [7, 11) is -3.37. The van der Waals surface area contributed by atoms with E-state index in [1.807, 2.05) is 12.3 Å². The molecule has 1 heterocycles. The molecule has 0 aliphatic heterocycles. The molecular weight excluding hydrogens is 286 g/mol. The van der Waals surface area contributed by atoms with Crippen molar-refractivity contribution in [1.82, 2.24) is 14.6 Å². The number of hydrogen-bond donors (Lipinski definition) is 2. The highest BCUT2D eigenvalue weighted by Gasteiger charge is 2.37. The Morgan fingerprint density at radius 3 is 2.57 bits per heavy atom. The zero-order valence-corrected chi connectivity index (χ0v) is 13.8. The van der Waals surface area contributed by atoms with Crippen molar-refractivity contribution in [3.63, 3.8) is 0 Å². The summed E-state index contributed by atoms with van der Waals surface area (Å²) in [5.74, 6) is 0.465. The van der Waals surface area contributed by atoms with E-state index in [4.69, 9.17) is 0 Å². The van der Waals surface area contributed by atoms with E-state index in [2.05, 4.69) is 35.4 Å². The average Bonchev–Trinajstić information content (AvgIpc) is 3.29. The molecule has 21 heavy (non-hydrogen) atoms. The van der Waals surface area contributed by atoms with Gasteiger partial charge in [0.2, 0.25) is 10.0 Å². The molecule has 5 nitrogen and oxygen atoms in total. The van der Waals surface area contributed by atoms with Gasteiger partial charge in [0.25, 0.3) is 0 Å². The molecule has 0 amide bonds. The molecule has 0 spiro atoms. The van der Waals surface area contributed by atoms with Crippen LogP contribution in [0.25, 0.3) is 0 Å². The summed E-state index contributed by atoms with van der Waals surface area (Å²) in [5.41, 5.74) is 1.07. The number of sulfonamides is 1. The van der Waals surface area contributed by atoms with E-state index in [-0.39, 0.29) is 6.04 Å². The fraction of sp³-hybridized carbons (Fsp3) is 0.733. The van der Waals surface area contributed by atoms with Gasteiger partial charge in [-0.25, -0.2) is 13.1 Å². The third kappa shape index (κ3) is 3.49. The second-order valence-electron chi connectivity index (χ2n) is 6.78. The lowest BCUT2D eigenvalue weighted by Crippen LogP contribution is -2.26. The molecule has 0 saturated heterocycles. The predicted molar refractivity (Wildman–Crippen MR) is 82.6 cm³/mol. The first-order chi connectivity index (χ1) is 9.87. The number of aromatic nitrogens is 1. The number of nitrogens with zero attached hydrogens (tertiary/aromatic N) is 1. The lowest BCUT2D eigenvalue weighted by atomic mass is 10.3. The highest BCUT2D eigenvalue weighted by molar-refractivity contribution is 7.89. The van der Waals surface area contributed by atoms with E-state index in [1.165, 1.54) is 0 Å². The standard InChI is InChI=1S/C15H25N3O2S/c1-10(2)16-8-13-7-14(9-18(13)12-4-5-12)21(19,20)17-15-6-11(15)3/h7,9-12,15-17H,4-6,8H2,1-3H3. The van der Waals surface area contributed by atoms with Crippen LogP contribution in [0.5, 0.6) is 0 Å². The molecule has 2 N–H and O–H groups in total. The Morgan fingerprint density at radius 1 is 1.38 bits per heavy atom. The van der Waals surface area contributed by atoms with Crippen molar-refractivity contribution in [1.29, 1.82) is 0 Å². The fourth-order valence-electron chi connectivity index (χ4n) is 2.54. The number of rotatable bonds is 7. The highest BCUT2D eigenvalue weighted by atomic mass is 32.2. The first-order valence-corrected chi connectivity index (χ1v) is 9.31. The SMILES string of the molecule is CC(C)NCc1cc(S(=O)(=O)NC2CC2C)cn1C1CC1. The predicted octanol–water partition coefficient (Wildman–Crippen LogP) is 2.01. The highest BCUT2D eigenvalue weighted by Crippen LogP contribution is 2.38. The van der Waals surface area contributed by atoms with Gasteiger partial charge in [-0.15, -0.1) is 0 Å². The maximum absolute atomic E-state index is 12.4. The summed E-state index contributed by atoms with van der Waals surface area (Å²) in [5, 5.41) is 3.37. The van der Waals surface area contributed by atoms with Crippen molar-refractivity contribution in [2.75, 3.05) is 0 Å². The Balaban J connectivity index is 1.80. The zero-order chi connectivity index (χ0) is 15.2. The van der Waals surface area contributed by atoms with Crippen LogP contribution in [0, 0.1) is 5.92 Å². The van der Waals surface area contributed by atoms with Crippen LogP contribution in [0.2, 0.25) is 0 Å². The maximum Gasteiger partial charge on any atom is 0.242 e. The van der Waals surface area contributed by atoms with Gasteiger partial charge < -0.3 is 9.88 Å². The molecule has 2 aliphatic rings. The molecule has 1 aromatic heterocycles. The van der Waals surface area contributed by atoms with Gasteiger partial charge in [0.1, 0.15) is 0 Å². The molecule has 2 fully saturated rings. The van der Waals surface area contributed by atoms with Crippen LogP contribution in [-0.4, -0.2) is 25.1 Å². The van der Waals surface area contributed by atoms with Gasteiger partial charge in [0, 0.05) is 36.6 Å². The monoisotopic (exact) mass is 311 g/mol. The largest absolute Gasteiger partial charge is 0.346 e. The Hall–Kier alpha value is -0.850. The second-order valence-corrected chi connectivity index (χ2v) is 8.50. The van der Waals surface area contributed by atoms with Crippen LogP contribution in [0.1, 0.15) is 51.8 Å². The maximum atomic E-state index is 12.4. The number of hydrogen-bond acceptors (Lipinski definition) is 3. The van der Waals surface area contributed by atoms with Gasteiger partial charge in [0.05, 0.1) is 4.90 Å². The topological polar surface area (TPSA) is 63.1 Å². The summed E-state index contributed by atoms with van der Waals surface area (Å²) >= 11 is 0. The minimum Gasteiger partial charge on any atom is -0.346 e. The molecule has 2 atom stereocenters. The number of nitrogens with one attached hydrogen (secondary N) is 2. The van der Waals surface area contributed by atoms with Crippen LogP contribution >= 0.6 is 0 Å². The van der Waals surface area contributed by atoms with Gasteiger partial charge in [0.15, 0.2) is 0 Å². The minimum atomic E-state index is -3.37. The van der Waals surface area contributed by atoms with E-state index >= 15 is 0 Å². The Bertz CT molecular complexity index is 617. The summed E-state index contributed by atoms with van der Waals surface area (Å²) in [4.78, 5) is 0.411. The molecule has 6 heteroatoms. The lowest BCUT2D eigenvalue weighted by molar-refractivity contribution is 0.558. The van der Waals surface area contributed by atoms with Crippen molar-refractivity contribution >= 4 is 10.0 Å². The first-order valence-electron chi connectivity index (χ1n) is 7.83. The van der Waals surface area contributed by atoms with E-state index < -0.39 is 10.0 Å². The second kappa shape index (κ2) is 5.41. The molecule has 2 saturated carbocycles. The third-order valence-electron chi connectivity index (χ3n) is 4.26. The summed E-state index contributed by atoms with van der Waals surface area (Å²) in [6.07, 6.45) is 5.06. The van der Waals surface area contributed by atoms with Crippen molar-refractivity contribution < 1.29 is 8.42 Å². The van der Waals surface area contributed by atoms with Gasteiger partial charge in [-0.3, -0.25) is 0 Å². The Labute approximate surface area is 127 Å². The average molecular weight is 311 g/mol. The lowest BCUT2D eigenvalue weighted by Gasteiger charge is -2.10. The quantitative estimate of drug-likeness (QED) is 0.809. The van der Waals surface area contributed by atoms with E-state index in [1.54, 1.807) is 0 Å². The molecule has 2 unspecified atom stereocenters. The zero-order valence-electron chi connectivity index (χ0n) is 13.0. The van der Waals surface area contributed by atoms with Crippen LogP contribution in [0.15, 0.2) is 17.2 Å². The van der Waals surface area contributed by atoms with E-state index in [0.29, 0.717) is 29.4 Å². The third-order valence-corrected chi connectivity index (χ3v) is 5.72. The molecular formula is C15H25N3O2S. The Morgan fingerprint density at radius 2 is 2.05 bits per heavy atom. The molecule has 3 rings (SSSR count). The van der Waals surface area contributed by atoms with Gasteiger partial charge in [-0.05, 0) is 31.2 Å². The summed E-state index contributed by atoms with van der Waals surface area (Å²) in [6, 6.07) is 2.82. The van der Waals surface area contributed by atoms with Gasteiger partial charge >= 0.3 is 0 Å². The molecule has 0 bridgehead atoms. The molecule has 118 valence electrons. The van der Waals surface area contributed by atoms with Crippen molar-refractivity contribution in [2.24, 2.45) is 5.92 Å². The van der Waals surface area contributed by atoms with Crippen LogP contribution in [0.4, 0.5) is 0 Å². The minimum absolute atomic E-state index is 0.122. The summed E-state index contributed by atoms with van der Waals surface area (Å²) < 4.78 is 29.8. The molecule has 0 aromatic carbocycles. The van der Waals surface area contributed by atoms with Crippen molar-refractivity contribution in [3.05, 3.63) is 18.0 Å². The van der Waals surface area contributed by atoms with E-state index in [9.17, 15) is 8.42 Å². The first kappa shape index (κ1) is 15.1. The molecule has 0 radical (unpaired) electrons. The fourth-order valence-corrected chi connectivity index (χ4v) is 3.95. The molecule has 1 aromatic rings.